The van der Waals surface area contributed by atoms with Gasteiger partial charge >= 0.3 is 0 Å². The van der Waals surface area contributed by atoms with E-state index in [1.54, 1.807) is 12.4 Å². The van der Waals surface area contributed by atoms with Crippen molar-refractivity contribution in [2.24, 2.45) is 5.92 Å². The van der Waals surface area contributed by atoms with E-state index < -0.39 is 0 Å². The van der Waals surface area contributed by atoms with Gasteiger partial charge in [-0.15, -0.1) is 0 Å². The van der Waals surface area contributed by atoms with Gasteiger partial charge in [0.25, 0.3) is 0 Å². The lowest BCUT2D eigenvalue weighted by atomic mass is 10.1. The maximum atomic E-state index is 5.32. The third-order valence-electron chi connectivity index (χ3n) is 2.32. The number of nitrogens with zero attached hydrogens (tertiary/aromatic N) is 2. The molecule has 4 heteroatoms. The molecule has 0 bridgehead atoms. The Balaban J connectivity index is 2.36. The fraction of sp³-hybridized carbons (Fsp3) is 0.333. The number of rotatable bonds is 3. The van der Waals surface area contributed by atoms with Gasteiger partial charge in [0.15, 0.2) is 0 Å². The minimum Gasteiger partial charge on any atom is -0.297 e. The Kier molecular flexibility index (Phi) is 3.19. The molecule has 84 valence electrons. The smallest absolute Gasteiger partial charge is 0.127 e. The van der Waals surface area contributed by atoms with E-state index in [4.69, 9.17) is 12.2 Å². The zero-order valence-electron chi connectivity index (χ0n) is 9.47. The first-order valence-electron chi connectivity index (χ1n) is 5.38. The molecule has 1 N–H and O–H groups in total. The predicted molar refractivity (Wildman–Crippen MR) is 67.3 cm³/mol. The number of nitrogens with one attached hydrogen (secondary N) is 1. The average molecular weight is 233 g/mol. The van der Waals surface area contributed by atoms with E-state index in [2.05, 4.69) is 23.9 Å². The molecule has 0 saturated carbocycles. The van der Waals surface area contributed by atoms with Crippen LogP contribution in [0, 0.1) is 10.6 Å². The molecule has 16 heavy (non-hydrogen) atoms. The Bertz CT molecular complexity index is 511. The van der Waals surface area contributed by atoms with Crippen LogP contribution in [0.3, 0.4) is 0 Å². The molecule has 2 heterocycles. The van der Waals surface area contributed by atoms with Crippen molar-refractivity contribution in [2.45, 2.75) is 20.3 Å². The van der Waals surface area contributed by atoms with E-state index >= 15 is 0 Å². The molecule has 0 aliphatic heterocycles. The largest absolute Gasteiger partial charge is 0.297 e. The average Bonchev–Trinajstić information content (AvgIpc) is 2.60. The van der Waals surface area contributed by atoms with Gasteiger partial charge in [-0.25, -0.2) is 4.68 Å². The van der Waals surface area contributed by atoms with Crippen LogP contribution in [0.2, 0.25) is 0 Å². The zero-order valence-corrected chi connectivity index (χ0v) is 10.3. The van der Waals surface area contributed by atoms with E-state index in [0.717, 1.165) is 16.7 Å². The summed E-state index contributed by atoms with van der Waals surface area (Å²) in [7, 11) is 0. The van der Waals surface area contributed by atoms with Gasteiger partial charge in [0.1, 0.15) is 4.64 Å². The van der Waals surface area contributed by atoms with E-state index in [1.807, 2.05) is 22.9 Å². The van der Waals surface area contributed by atoms with Gasteiger partial charge in [-0.05, 0) is 30.5 Å². The molecule has 2 aromatic heterocycles. The van der Waals surface area contributed by atoms with Gasteiger partial charge in [0, 0.05) is 18.1 Å². The molecule has 0 aliphatic carbocycles. The summed E-state index contributed by atoms with van der Waals surface area (Å²) in [4.78, 5) is 3.99. The fourth-order valence-corrected chi connectivity index (χ4v) is 1.97. The fourth-order valence-electron chi connectivity index (χ4n) is 1.67. The Labute approximate surface area is 100 Å². The van der Waals surface area contributed by atoms with Crippen LogP contribution in [-0.2, 0) is 6.42 Å². The normalized spacial score (nSPS) is 10.9. The number of pyridine rings is 1. The second-order valence-corrected chi connectivity index (χ2v) is 4.68. The molecule has 2 aromatic rings. The molecule has 0 radical (unpaired) electrons. The van der Waals surface area contributed by atoms with Crippen molar-refractivity contribution in [1.29, 1.82) is 0 Å². The summed E-state index contributed by atoms with van der Waals surface area (Å²) in [6.45, 7) is 4.39. The van der Waals surface area contributed by atoms with E-state index in [0.29, 0.717) is 5.92 Å². The summed E-state index contributed by atoms with van der Waals surface area (Å²) in [6, 6.07) is 5.90. The molecule has 2 rings (SSSR count). The van der Waals surface area contributed by atoms with Gasteiger partial charge < -0.3 is 0 Å². The lowest BCUT2D eigenvalue weighted by Gasteiger charge is -2.03. The Morgan fingerprint density at radius 2 is 2.06 bits per heavy atom. The van der Waals surface area contributed by atoms with E-state index in [-0.39, 0.29) is 0 Å². The van der Waals surface area contributed by atoms with Gasteiger partial charge in [-0.3, -0.25) is 10.1 Å². The van der Waals surface area contributed by atoms with Gasteiger partial charge in [0.05, 0.1) is 5.69 Å². The SMILES string of the molecule is CC(C)Cc1cc(=S)n(-c2ccncc2)[nH]1. The molecule has 0 atom stereocenters. The number of aromatic amines is 1. The molecular weight excluding hydrogens is 218 g/mol. The van der Waals surface area contributed by atoms with Gasteiger partial charge in [-0.1, -0.05) is 26.1 Å². The molecule has 0 fully saturated rings. The van der Waals surface area contributed by atoms with Crippen molar-refractivity contribution in [1.82, 2.24) is 14.8 Å². The van der Waals surface area contributed by atoms with Crippen molar-refractivity contribution >= 4 is 12.2 Å². The number of H-pyrrole nitrogens is 1. The molecule has 0 spiro atoms. The lowest BCUT2D eigenvalue weighted by molar-refractivity contribution is 0.628. The zero-order chi connectivity index (χ0) is 11.5. The maximum absolute atomic E-state index is 5.32. The summed E-state index contributed by atoms with van der Waals surface area (Å²) in [5, 5.41) is 3.31. The molecule has 0 unspecified atom stereocenters. The minimum absolute atomic E-state index is 0.624. The van der Waals surface area contributed by atoms with Crippen LogP contribution in [0.25, 0.3) is 5.69 Å². The lowest BCUT2D eigenvalue weighted by Crippen LogP contribution is -1.99. The quantitative estimate of drug-likeness (QED) is 0.826. The molecule has 3 nitrogen and oxygen atoms in total. The number of hydrogen-bond donors (Lipinski definition) is 1. The highest BCUT2D eigenvalue weighted by Gasteiger charge is 2.04. The van der Waals surface area contributed by atoms with Crippen LogP contribution < -0.4 is 0 Å². The summed E-state index contributed by atoms with van der Waals surface area (Å²) >= 11 is 5.32. The van der Waals surface area contributed by atoms with Crippen molar-refractivity contribution in [3.8, 4) is 5.69 Å². The predicted octanol–water partition coefficient (Wildman–Crippen LogP) is 3.13. The van der Waals surface area contributed by atoms with E-state index in [9.17, 15) is 0 Å². The van der Waals surface area contributed by atoms with Crippen molar-refractivity contribution in [2.75, 3.05) is 0 Å². The van der Waals surface area contributed by atoms with E-state index in [1.165, 1.54) is 5.69 Å². The maximum Gasteiger partial charge on any atom is 0.127 e. The van der Waals surface area contributed by atoms with Crippen LogP contribution in [0.5, 0.6) is 0 Å². The Morgan fingerprint density at radius 1 is 1.38 bits per heavy atom. The van der Waals surface area contributed by atoms with Crippen LogP contribution in [-0.4, -0.2) is 14.8 Å². The Morgan fingerprint density at radius 3 is 2.69 bits per heavy atom. The highest BCUT2D eigenvalue weighted by atomic mass is 32.1. The van der Waals surface area contributed by atoms with Crippen molar-refractivity contribution < 1.29 is 0 Å². The van der Waals surface area contributed by atoms with Crippen LogP contribution in [0.1, 0.15) is 19.5 Å². The molecule has 0 saturated heterocycles. The first-order chi connectivity index (χ1) is 7.66. The van der Waals surface area contributed by atoms with Crippen molar-refractivity contribution in [3.63, 3.8) is 0 Å². The minimum atomic E-state index is 0.624. The van der Waals surface area contributed by atoms with Gasteiger partial charge in [0.2, 0.25) is 0 Å². The molecule has 0 aliphatic rings. The van der Waals surface area contributed by atoms with Crippen LogP contribution in [0.4, 0.5) is 0 Å². The highest BCUT2D eigenvalue weighted by Crippen LogP contribution is 2.11. The van der Waals surface area contributed by atoms with Crippen molar-refractivity contribution in [3.05, 3.63) is 40.9 Å². The monoisotopic (exact) mass is 233 g/mol. The third-order valence-corrected chi connectivity index (χ3v) is 2.62. The first-order valence-corrected chi connectivity index (χ1v) is 5.79. The van der Waals surface area contributed by atoms with Crippen LogP contribution in [0.15, 0.2) is 30.6 Å². The van der Waals surface area contributed by atoms with Gasteiger partial charge in [-0.2, -0.15) is 0 Å². The second kappa shape index (κ2) is 4.61. The molecule has 0 aromatic carbocycles. The molecule has 0 amide bonds. The summed E-state index contributed by atoms with van der Waals surface area (Å²) < 4.78 is 2.72. The summed E-state index contributed by atoms with van der Waals surface area (Å²) in [5.74, 6) is 0.624. The third kappa shape index (κ3) is 2.39. The second-order valence-electron chi connectivity index (χ2n) is 4.26. The summed E-state index contributed by atoms with van der Waals surface area (Å²) in [6.07, 6.45) is 4.54. The standard InChI is InChI=1S/C12H15N3S/c1-9(2)7-10-8-12(16)15(14-10)11-3-5-13-6-4-11/h3-6,8-9,14H,7H2,1-2H3. The number of aromatic nitrogens is 3. The first kappa shape index (κ1) is 11.1. The topological polar surface area (TPSA) is 33.6 Å². The Hall–Kier alpha value is -1.42. The number of hydrogen-bond acceptors (Lipinski definition) is 2. The summed E-state index contributed by atoms with van der Waals surface area (Å²) in [5.41, 5.74) is 2.20. The van der Waals surface area contributed by atoms with Crippen LogP contribution >= 0.6 is 12.2 Å². The molecular formula is C12H15N3S. The highest BCUT2D eigenvalue weighted by molar-refractivity contribution is 7.71.